The van der Waals surface area contributed by atoms with Gasteiger partial charge in [-0.05, 0) is 18.4 Å². The number of hydrogen-bond donors (Lipinski definition) is 1. The van der Waals surface area contributed by atoms with Crippen molar-refractivity contribution in [2.75, 3.05) is 0 Å². The van der Waals surface area contributed by atoms with E-state index in [4.69, 9.17) is 23.2 Å². The zero-order valence-electron chi connectivity index (χ0n) is 8.74. The summed E-state index contributed by atoms with van der Waals surface area (Å²) >= 11 is 13.5. The fourth-order valence-corrected chi connectivity index (χ4v) is 3.02. The summed E-state index contributed by atoms with van der Waals surface area (Å²) in [6, 6.07) is 1.75. The lowest BCUT2D eigenvalue weighted by Crippen LogP contribution is -1.99. The minimum atomic E-state index is -0.811. The number of thiophene rings is 1. The maximum Gasteiger partial charge on any atom is 0.133 e. The molecule has 6 heteroatoms. The van der Waals surface area contributed by atoms with Crippen molar-refractivity contribution in [2.24, 2.45) is 7.05 Å². The highest BCUT2D eigenvalue weighted by molar-refractivity contribution is 7.10. The molecule has 0 amide bonds. The SMILES string of the molecule is Cc1nn(C)c(Cl)c1C(O)c1sccc1Cl. The van der Waals surface area contributed by atoms with Crippen molar-refractivity contribution in [3.8, 4) is 0 Å². The summed E-state index contributed by atoms with van der Waals surface area (Å²) in [6.07, 6.45) is -0.811. The zero-order chi connectivity index (χ0) is 11.9. The Labute approximate surface area is 107 Å². The molecule has 2 aromatic heterocycles. The monoisotopic (exact) mass is 276 g/mol. The Hall–Kier alpha value is -0.550. The summed E-state index contributed by atoms with van der Waals surface area (Å²) in [5, 5.41) is 17.2. The lowest BCUT2D eigenvalue weighted by atomic mass is 10.1. The van der Waals surface area contributed by atoms with Crippen LogP contribution in [0.4, 0.5) is 0 Å². The first-order valence-electron chi connectivity index (χ1n) is 4.62. The second kappa shape index (κ2) is 4.37. The number of hydrogen-bond acceptors (Lipinski definition) is 3. The van der Waals surface area contributed by atoms with Crippen LogP contribution < -0.4 is 0 Å². The average Bonchev–Trinajstić information content (AvgIpc) is 2.73. The number of nitrogens with zero attached hydrogens (tertiary/aromatic N) is 2. The molecule has 0 fully saturated rings. The van der Waals surface area contributed by atoms with Gasteiger partial charge in [-0.25, -0.2) is 0 Å². The maximum atomic E-state index is 10.2. The van der Waals surface area contributed by atoms with Crippen LogP contribution in [0.2, 0.25) is 10.2 Å². The van der Waals surface area contributed by atoms with Gasteiger partial charge in [-0.15, -0.1) is 11.3 Å². The van der Waals surface area contributed by atoms with Crippen LogP contribution >= 0.6 is 34.5 Å². The van der Waals surface area contributed by atoms with Crippen LogP contribution in [0.5, 0.6) is 0 Å². The Morgan fingerprint density at radius 1 is 1.50 bits per heavy atom. The summed E-state index contributed by atoms with van der Waals surface area (Å²) < 4.78 is 1.54. The van der Waals surface area contributed by atoms with Gasteiger partial charge < -0.3 is 5.11 Å². The van der Waals surface area contributed by atoms with Gasteiger partial charge in [-0.3, -0.25) is 4.68 Å². The van der Waals surface area contributed by atoms with Crippen molar-refractivity contribution < 1.29 is 5.11 Å². The van der Waals surface area contributed by atoms with Crippen molar-refractivity contribution in [1.29, 1.82) is 0 Å². The molecule has 2 rings (SSSR count). The molecule has 0 bridgehead atoms. The largest absolute Gasteiger partial charge is 0.383 e. The fraction of sp³-hybridized carbons (Fsp3) is 0.300. The van der Waals surface area contributed by atoms with Crippen LogP contribution in [0.25, 0.3) is 0 Å². The van der Waals surface area contributed by atoms with Crippen LogP contribution in [0.3, 0.4) is 0 Å². The van der Waals surface area contributed by atoms with Gasteiger partial charge in [0.15, 0.2) is 0 Å². The van der Waals surface area contributed by atoms with Gasteiger partial charge >= 0.3 is 0 Å². The van der Waals surface area contributed by atoms with Crippen LogP contribution in [0.15, 0.2) is 11.4 Å². The van der Waals surface area contributed by atoms with Crippen molar-refractivity contribution in [3.63, 3.8) is 0 Å². The highest BCUT2D eigenvalue weighted by Gasteiger charge is 2.23. The van der Waals surface area contributed by atoms with E-state index in [-0.39, 0.29) is 0 Å². The second-order valence-corrected chi connectivity index (χ2v) is 5.16. The van der Waals surface area contributed by atoms with E-state index in [0.717, 1.165) is 0 Å². The van der Waals surface area contributed by atoms with Crippen molar-refractivity contribution >= 4 is 34.5 Å². The molecule has 2 heterocycles. The maximum absolute atomic E-state index is 10.2. The normalized spacial score (nSPS) is 13.1. The van der Waals surface area contributed by atoms with E-state index >= 15 is 0 Å². The minimum absolute atomic E-state index is 0.439. The van der Waals surface area contributed by atoms with E-state index in [1.807, 2.05) is 12.3 Å². The molecule has 16 heavy (non-hydrogen) atoms. The average molecular weight is 277 g/mol. The Kier molecular flexibility index (Phi) is 3.26. The number of halogens is 2. The van der Waals surface area contributed by atoms with Crippen molar-refractivity contribution in [1.82, 2.24) is 9.78 Å². The first kappa shape index (κ1) is 11.9. The fourth-order valence-electron chi connectivity index (χ4n) is 1.59. The molecule has 86 valence electrons. The third-order valence-electron chi connectivity index (χ3n) is 2.36. The van der Waals surface area contributed by atoms with Crippen LogP contribution in [-0.2, 0) is 7.05 Å². The molecule has 1 N–H and O–H groups in total. The Balaban J connectivity index is 2.49. The molecular formula is C10H10Cl2N2OS. The van der Waals surface area contributed by atoms with Gasteiger partial charge in [-0.2, -0.15) is 5.10 Å². The standard InChI is InChI=1S/C10H10Cl2N2OS/c1-5-7(10(12)14(2)13-5)8(15)9-6(11)3-4-16-9/h3-4,8,15H,1-2H3. The van der Waals surface area contributed by atoms with Gasteiger partial charge in [0.2, 0.25) is 0 Å². The van der Waals surface area contributed by atoms with Gasteiger partial charge in [-0.1, -0.05) is 23.2 Å². The lowest BCUT2D eigenvalue weighted by Gasteiger charge is -2.09. The number of aryl methyl sites for hydroxylation is 2. The summed E-state index contributed by atoms with van der Waals surface area (Å²) in [7, 11) is 1.74. The highest BCUT2D eigenvalue weighted by Crippen LogP contribution is 2.36. The van der Waals surface area contributed by atoms with Crippen LogP contribution in [0, 0.1) is 6.92 Å². The number of aliphatic hydroxyl groups excluding tert-OH is 1. The number of aliphatic hydroxyl groups is 1. The predicted octanol–water partition coefficient (Wildman–Crippen LogP) is 3.18. The van der Waals surface area contributed by atoms with Crippen molar-refractivity contribution in [2.45, 2.75) is 13.0 Å². The summed E-state index contributed by atoms with van der Waals surface area (Å²) in [6.45, 7) is 1.81. The Morgan fingerprint density at radius 2 is 2.19 bits per heavy atom. The van der Waals surface area contributed by atoms with E-state index in [0.29, 0.717) is 26.3 Å². The van der Waals surface area contributed by atoms with E-state index < -0.39 is 6.10 Å². The van der Waals surface area contributed by atoms with Gasteiger partial charge in [0.25, 0.3) is 0 Å². The van der Waals surface area contributed by atoms with E-state index in [1.54, 1.807) is 13.1 Å². The molecule has 0 aliphatic heterocycles. The molecule has 2 aromatic rings. The molecule has 0 spiro atoms. The summed E-state index contributed by atoms with van der Waals surface area (Å²) in [5.41, 5.74) is 1.33. The molecule has 0 aliphatic carbocycles. The third-order valence-corrected chi connectivity index (χ3v) is 4.22. The minimum Gasteiger partial charge on any atom is -0.383 e. The summed E-state index contributed by atoms with van der Waals surface area (Å²) in [4.78, 5) is 0.694. The topological polar surface area (TPSA) is 38.0 Å². The Bertz CT molecular complexity index is 521. The molecule has 0 radical (unpaired) electrons. The highest BCUT2D eigenvalue weighted by atomic mass is 35.5. The first-order valence-corrected chi connectivity index (χ1v) is 6.26. The molecule has 0 saturated heterocycles. The number of rotatable bonds is 2. The molecule has 1 atom stereocenters. The second-order valence-electron chi connectivity index (χ2n) is 3.45. The van der Waals surface area contributed by atoms with E-state index in [1.165, 1.54) is 16.0 Å². The van der Waals surface area contributed by atoms with Crippen molar-refractivity contribution in [3.05, 3.63) is 37.8 Å². The molecule has 0 aliphatic rings. The van der Waals surface area contributed by atoms with Crippen LogP contribution in [-0.4, -0.2) is 14.9 Å². The first-order chi connectivity index (χ1) is 7.52. The molecule has 1 unspecified atom stereocenters. The predicted molar refractivity (Wildman–Crippen MR) is 66.3 cm³/mol. The summed E-state index contributed by atoms with van der Waals surface area (Å²) in [5.74, 6) is 0. The molecule has 0 saturated carbocycles. The molecular weight excluding hydrogens is 267 g/mol. The van der Waals surface area contributed by atoms with Gasteiger partial charge in [0.05, 0.1) is 15.6 Å². The van der Waals surface area contributed by atoms with Crippen LogP contribution in [0.1, 0.15) is 22.2 Å². The number of aromatic nitrogens is 2. The Morgan fingerprint density at radius 3 is 2.62 bits per heavy atom. The third kappa shape index (κ3) is 1.86. The lowest BCUT2D eigenvalue weighted by molar-refractivity contribution is 0.223. The zero-order valence-corrected chi connectivity index (χ0v) is 11.1. The van der Waals surface area contributed by atoms with E-state index in [2.05, 4.69) is 5.10 Å². The molecule has 3 nitrogen and oxygen atoms in total. The molecule has 0 aromatic carbocycles. The van der Waals surface area contributed by atoms with Gasteiger partial charge in [0, 0.05) is 12.6 Å². The quantitative estimate of drug-likeness (QED) is 0.915. The smallest absolute Gasteiger partial charge is 0.133 e. The van der Waals surface area contributed by atoms with E-state index in [9.17, 15) is 5.11 Å². The van der Waals surface area contributed by atoms with Gasteiger partial charge in [0.1, 0.15) is 11.3 Å².